The van der Waals surface area contributed by atoms with E-state index in [9.17, 15) is 13.3 Å². The van der Waals surface area contributed by atoms with Gasteiger partial charge in [0.15, 0.2) is 0 Å². The van der Waals surface area contributed by atoms with Gasteiger partial charge in [-0.2, -0.15) is 4.20 Å². The number of hydrogen-bond acceptors (Lipinski definition) is 3. The summed E-state index contributed by atoms with van der Waals surface area (Å²) in [5.41, 5.74) is 0. The average molecular weight is 203 g/mol. The van der Waals surface area contributed by atoms with Gasteiger partial charge in [0.05, 0.1) is 0 Å². The molecule has 0 spiro atoms. The number of halogens is 1. The fourth-order valence-electron chi connectivity index (χ4n) is 0.344. The molecule has 0 aliphatic carbocycles. The lowest BCUT2D eigenvalue weighted by molar-refractivity contribution is 0.393. The molecule has 0 aromatic heterocycles. The fourth-order valence-corrected chi connectivity index (χ4v) is 3.09. The minimum atomic E-state index is -4.15. The third-order valence-corrected chi connectivity index (χ3v) is 4.86. The molecule has 0 aromatic rings. The van der Waals surface area contributed by atoms with E-state index in [-0.39, 0.29) is 0 Å². The summed E-state index contributed by atoms with van der Waals surface area (Å²) in [6.07, 6.45) is 0. The zero-order valence-electron chi connectivity index (χ0n) is 6.94. The first-order valence-corrected chi connectivity index (χ1v) is 6.88. The van der Waals surface area contributed by atoms with Gasteiger partial charge in [-0.1, -0.05) is 0 Å². The van der Waals surface area contributed by atoms with Crippen LogP contribution in [0, 0.1) is 0 Å². The molecule has 0 bridgehead atoms. The predicted molar refractivity (Wildman–Crippen MR) is 42.9 cm³/mol. The maximum absolute atomic E-state index is 12.4. The highest BCUT2D eigenvalue weighted by atomic mass is 31.3. The Morgan fingerprint density at radius 1 is 1.27 bits per heavy atom. The molecule has 0 fully saturated rings. The minimum Gasteiger partial charge on any atom is -0.275 e. The first kappa shape index (κ1) is 11.3. The summed E-state index contributed by atoms with van der Waals surface area (Å²) < 4.78 is 39.5. The van der Waals surface area contributed by atoms with Crippen LogP contribution in [-0.2, 0) is 13.4 Å². The van der Waals surface area contributed by atoms with E-state index >= 15 is 0 Å². The molecule has 4 nitrogen and oxygen atoms in total. The summed E-state index contributed by atoms with van der Waals surface area (Å²) >= 11 is 0. The van der Waals surface area contributed by atoms with Gasteiger partial charge >= 0.3 is 7.68 Å². The summed E-state index contributed by atoms with van der Waals surface area (Å²) in [7, 11) is -4.40. The van der Waals surface area contributed by atoms with E-state index in [0.717, 1.165) is 6.66 Å². The molecule has 0 N–H and O–H groups in total. The molecule has 0 saturated carbocycles. The Kier molecular flexibility index (Phi) is 3.45. The number of nitrogens with zero attached hydrogens (tertiary/aromatic N) is 1. The van der Waals surface area contributed by atoms with Crippen molar-refractivity contribution >= 4 is 15.2 Å². The lowest BCUT2D eigenvalue weighted by atomic mass is 11.3. The highest BCUT2D eigenvalue weighted by molar-refractivity contribution is 7.67. The summed E-state index contributed by atoms with van der Waals surface area (Å²) in [4.78, 5) is 0. The third-order valence-electron chi connectivity index (χ3n) is 1.02. The van der Waals surface area contributed by atoms with Crippen LogP contribution in [0.4, 0.5) is 4.20 Å². The molecule has 2 atom stereocenters. The first-order valence-electron chi connectivity index (χ1n) is 2.89. The highest BCUT2D eigenvalue weighted by Crippen LogP contribution is 2.61. The molecule has 0 rings (SSSR count). The monoisotopic (exact) mass is 203 g/mol. The van der Waals surface area contributed by atoms with Crippen LogP contribution in [0.15, 0.2) is 0 Å². The topological polar surface area (TPSA) is 46.6 Å². The normalized spacial score (nSPS) is 22.7. The summed E-state index contributed by atoms with van der Waals surface area (Å²) in [5.74, 6) is 0. The van der Waals surface area contributed by atoms with Gasteiger partial charge in [0, 0.05) is 13.3 Å². The molecular weight excluding hydrogens is 191 g/mol. The Labute approximate surface area is 65.8 Å². The maximum atomic E-state index is 12.4. The molecule has 0 radical (unpaired) electrons. The van der Waals surface area contributed by atoms with Gasteiger partial charge < -0.3 is 0 Å². The second-order valence-corrected chi connectivity index (χ2v) is 7.03. The third kappa shape index (κ3) is 4.70. The molecule has 0 aliphatic heterocycles. The van der Waals surface area contributed by atoms with Crippen molar-refractivity contribution in [3.63, 3.8) is 0 Å². The zero-order valence-corrected chi connectivity index (χ0v) is 8.73. The van der Waals surface area contributed by atoms with Gasteiger partial charge in [-0.3, -0.25) is 9.13 Å². The van der Waals surface area contributed by atoms with Crippen LogP contribution >= 0.6 is 15.2 Å². The van der Waals surface area contributed by atoms with Crippen LogP contribution < -0.4 is 0 Å². The van der Waals surface area contributed by atoms with Gasteiger partial charge in [0.1, 0.15) is 0 Å². The maximum Gasteiger partial charge on any atom is 0.370 e. The van der Waals surface area contributed by atoms with Gasteiger partial charge in [0.2, 0.25) is 0 Å². The highest BCUT2D eigenvalue weighted by Gasteiger charge is 2.28. The van der Waals surface area contributed by atoms with Crippen molar-refractivity contribution in [3.8, 4) is 0 Å². The van der Waals surface area contributed by atoms with E-state index in [4.69, 9.17) is 0 Å². The summed E-state index contributed by atoms with van der Waals surface area (Å²) in [6.45, 7) is 2.00. The van der Waals surface area contributed by atoms with E-state index in [0.29, 0.717) is 0 Å². The SMILES string of the molecule is CN(C)P(C)(=O)OP(C)(=O)F. The van der Waals surface area contributed by atoms with Crippen molar-refractivity contribution < 1.29 is 17.6 Å². The molecule has 0 aromatic carbocycles. The second kappa shape index (κ2) is 3.36. The fraction of sp³-hybridized carbons (Fsp3) is 1.00. The van der Waals surface area contributed by atoms with Gasteiger partial charge in [-0.15, -0.1) is 0 Å². The Balaban J connectivity index is 4.39. The molecule has 2 unspecified atom stereocenters. The average Bonchev–Trinajstić information content (AvgIpc) is 1.56. The predicted octanol–water partition coefficient (Wildman–Crippen LogP) is 2.18. The first-order chi connectivity index (χ1) is 4.65. The van der Waals surface area contributed by atoms with Crippen molar-refractivity contribution in [3.05, 3.63) is 0 Å². The summed E-state index contributed by atoms with van der Waals surface area (Å²) in [6, 6.07) is 0. The van der Waals surface area contributed by atoms with Crippen molar-refractivity contribution in [2.75, 3.05) is 27.4 Å². The van der Waals surface area contributed by atoms with Crippen LogP contribution in [0.25, 0.3) is 0 Å². The molecule has 0 amide bonds. The largest absolute Gasteiger partial charge is 0.370 e. The van der Waals surface area contributed by atoms with Crippen LogP contribution in [0.5, 0.6) is 0 Å². The van der Waals surface area contributed by atoms with Crippen molar-refractivity contribution in [2.24, 2.45) is 0 Å². The van der Waals surface area contributed by atoms with Crippen molar-refractivity contribution in [1.29, 1.82) is 0 Å². The molecule has 7 heteroatoms. The number of hydrogen-bond donors (Lipinski definition) is 0. The molecule has 0 saturated heterocycles. The van der Waals surface area contributed by atoms with Gasteiger partial charge in [-0.25, -0.2) is 8.98 Å². The number of rotatable bonds is 3. The van der Waals surface area contributed by atoms with E-state index in [1.165, 1.54) is 25.4 Å². The van der Waals surface area contributed by atoms with Gasteiger partial charge in [0.25, 0.3) is 7.52 Å². The quantitative estimate of drug-likeness (QED) is 0.659. The molecule has 0 aliphatic rings. The van der Waals surface area contributed by atoms with Crippen LogP contribution in [0.3, 0.4) is 0 Å². The standard InChI is InChI=1S/C4H12FNO3P2/c1-6(2)11(4,8)9-10(3,5)7/h1-4H3. The molecule has 11 heavy (non-hydrogen) atoms. The van der Waals surface area contributed by atoms with E-state index in [1.54, 1.807) is 0 Å². The van der Waals surface area contributed by atoms with E-state index in [1.807, 2.05) is 0 Å². The molecule has 68 valence electrons. The Hall–Kier alpha value is 0.310. The summed E-state index contributed by atoms with van der Waals surface area (Å²) in [5, 5.41) is 0. The lowest BCUT2D eigenvalue weighted by Gasteiger charge is -2.20. The van der Waals surface area contributed by atoms with Crippen molar-refractivity contribution in [1.82, 2.24) is 4.67 Å². The van der Waals surface area contributed by atoms with E-state index in [2.05, 4.69) is 4.31 Å². The van der Waals surface area contributed by atoms with Crippen LogP contribution in [-0.4, -0.2) is 32.1 Å². The van der Waals surface area contributed by atoms with Gasteiger partial charge in [-0.05, 0) is 14.1 Å². The van der Waals surface area contributed by atoms with Crippen LogP contribution in [0.2, 0.25) is 0 Å². The Bertz CT molecular complexity index is 223. The Morgan fingerprint density at radius 2 is 1.64 bits per heavy atom. The minimum absolute atomic E-state index is 0.784. The molecule has 0 heterocycles. The molecular formula is C4H12FNO3P2. The lowest BCUT2D eigenvalue weighted by Crippen LogP contribution is -2.07. The Morgan fingerprint density at radius 3 is 1.73 bits per heavy atom. The smallest absolute Gasteiger partial charge is 0.275 e. The van der Waals surface area contributed by atoms with Crippen LogP contribution in [0.1, 0.15) is 0 Å². The zero-order chi connectivity index (χ0) is 9.28. The second-order valence-electron chi connectivity index (χ2n) is 2.48. The van der Waals surface area contributed by atoms with Crippen molar-refractivity contribution in [2.45, 2.75) is 0 Å². The van der Waals surface area contributed by atoms with E-state index < -0.39 is 15.2 Å².